The highest BCUT2D eigenvalue weighted by atomic mass is 35.5. The molecule has 3 aromatic carbocycles. The number of hydrogen-bond acceptors (Lipinski definition) is 5. The van der Waals surface area contributed by atoms with E-state index in [9.17, 15) is 4.79 Å². The number of thiocarbonyl (C=S) groups is 1. The van der Waals surface area contributed by atoms with Crippen LogP contribution in [0, 0.1) is 6.92 Å². The van der Waals surface area contributed by atoms with Crippen molar-refractivity contribution in [2.75, 3.05) is 6.61 Å². The number of hydrogen-bond donors (Lipinski definition) is 0. The Morgan fingerprint density at radius 1 is 1.00 bits per heavy atom. The predicted molar refractivity (Wildman–Crippen MR) is 148 cm³/mol. The number of amides is 1. The second-order valence-corrected chi connectivity index (χ2v) is 10.4. The van der Waals surface area contributed by atoms with Crippen LogP contribution >= 0.6 is 47.2 Å². The number of carbonyl (C=O) groups excluding carboxylic acids is 1. The van der Waals surface area contributed by atoms with Crippen molar-refractivity contribution in [3.8, 4) is 11.5 Å². The molecule has 8 heteroatoms. The van der Waals surface area contributed by atoms with E-state index in [-0.39, 0.29) is 12.5 Å². The molecule has 0 radical (unpaired) electrons. The largest absolute Gasteiger partial charge is 0.490 e. The van der Waals surface area contributed by atoms with Crippen LogP contribution in [-0.4, -0.2) is 21.7 Å². The molecule has 180 valence electrons. The third-order valence-corrected chi connectivity index (χ3v) is 7.26. The van der Waals surface area contributed by atoms with Crippen LogP contribution in [0.5, 0.6) is 11.5 Å². The van der Waals surface area contributed by atoms with Crippen LogP contribution in [0.15, 0.2) is 65.6 Å². The van der Waals surface area contributed by atoms with E-state index in [2.05, 4.69) is 0 Å². The molecule has 0 aromatic heterocycles. The minimum absolute atomic E-state index is 0.101. The van der Waals surface area contributed by atoms with Gasteiger partial charge in [0.2, 0.25) is 0 Å². The molecular weight excluding hydrogens is 521 g/mol. The third-order valence-electron chi connectivity index (χ3n) is 5.30. The Bertz CT molecular complexity index is 1290. The molecule has 0 spiro atoms. The molecule has 0 bridgehead atoms. The molecule has 0 N–H and O–H groups in total. The molecule has 0 saturated carbocycles. The predicted octanol–water partition coefficient (Wildman–Crippen LogP) is 7.68. The average molecular weight is 545 g/mol. The van der Waals surface area contributed by atoms with Crippen molar-refractivity contribution in [2.45, 2.75) is 27.0 Å². The first-order valence-corrected chi connectivity index (χ1v) is 13.0. The van der Waals surface area contributed by atoms with Gasteiger partial charge in [-0.15, -0.1) is 0 Å². The van der Waals surface area contributed by atoms with Crippen molar-refractivity contribution in [3.63, 3.8) is 0 Å². The molecule has 0 atom stereocenters. The van der Waals surface area contributed by atoms with Crippen LogP contribution in [0.3, 0.4) is 0 Å². The molecule has 0 aliphatic carbocycles. The van der Waals surface area contributed by atoms with E-state index in [1.165, 1.54) is 17.3 Å². The van der Waals surface area contributed by atoms with Crippen LogP contribution in [0.25, 0.3) is 6.08 Å². The van der Waals surface area contributed by atoms with Crippen molar-refractivity contribution in [1.29, 1.82) is 0 Å². The van der Waals surface area contributed by atoms with Crippen LogP contribution in [0.1, 0.15) is 29.2 Å². The maximum Gasteiger partial charge on any atom is 0.266 e. The molecule has 1 saturated heterocycles. The van der Waals surface area contributed by atoms with Crippen molar-refractivity contribution in [3.05, 3.63) is 97.9 Å². The van der Waals surface area contributed by atoms with Crippen LogP contribution < -0.4 is 9.47 Å². The Balaban J connectivity index is 1.50. The fourth-order valence-electron chi connectivity index (χ4n) is 3.46. The summed E-state index contributed by atoms with van der Waals surface area (Å²) in [5, 5.41) is 1.11. The number of carbonyl (C=O) groups is 1. The van der Waals surface area contributed by atoms with Gasteiger partial charge in [0, 0.05) is 15.6 Å². The van der Waals surface area contributed by atoms with Crippen LogP contribution in [0.4, 0.5) is 0 Å². The summed E-state index contributed by atoms with van der Waals surface area (Å²) in [5.41, 5.74) is 3.85. The zero-order valence-electron chi connectivity index (χ0n) is 19.2. The van der Waals surface area contributed by atoms with Crippen LogP contribution in [0.2, 0.25) is 10.0 Å². The Hall–Kier alpha value is -2.51. The quantitative estimate of drug-likeness (QED) is 0.215. The standard InChI is InChI=1S/C27H23Cl2NO3S2/c1-3-32-24-12-19(8-11-23(24)33-16-20-9-10-21(28)14-22(20)29)13-25-26(31)30(27(34)35-25)15-18-6-4-17(2)5-7-18/h4-14H,3,15-16H2,1-2H3/b25-13-. The first-order chi connectivity index (χ1) is 16.8. The van der Waals surface area contributed by atoms with Gasteiger partial charge >= 0.3 is 0 Å². The lowest BCUT2D eigenvalue weighted by Crippen LogP contribution is -2.27. The van der Waals surface area contributed by atoms with Gasteiger partial charge in [0.15, 0.2) is 11.5 Å². The maximum absolute atomic E-state index is 13.1. The summed E-state index contributed by atoms with van der Waals surface area (Å²) >= 11 is 19.0. The first-order valence-electron chi connectivity index (χ1n) is 11.0. The third kappa shape index (κ3) is 6.39. The highest BCUT2D eigenvalue weighted by Gasteiger charge is 2.32. The lowest BCUT2D eigenvalue weighted by Gasteiger charge is -2.14. The molecule has 3 aromatic rings. The summed E-state index contributed by atoms with van der Waals surface area (Å²) in [5.74, 6) is 1.07. The Labute approximate surface area is 224 Å². The molecule has 1 heterocycles. The van der Waals surface area contributed by atoms with Gasteiger partial charge in [0.05, 0.1) is 18.1 Å². The molecule has 1 aliphatic heterocycles. The summed E-state index contributed by atoms with van der Waals surface area (Å²) in [6.07, 6.45) is 1.83. The monoisotopic (exact) mass is 543 g/mol. The van der Waals surface area contributed by atoms with Gasteiger partial charge in [0.25, 0.3) is 5.91 Å². The fourth-order valence-corrected chi connectivity index (χ4v) is 5.18. The van der Waals surface area contributed by atoms with E-state index >= 15 is 0 Å². The van der Waals surface area contributed by atoms with Crippen molar-refractivity contribution >= 4 is 63.5 Å². The minimum atomic E-state index is -0.101. The number of thioether (sulfide) groups is 1. The Morgan fingerprint density at radius 2 is 1.77 bits per heavy atom. The van der Waals surface area contributed by atoms with Crippen LogP contribution in [-0.2, 0) is 17.9 Å². The van der Waals surface area contributed by atoms with E-state index in [0.29, 0.717) is 43.9 Å². The van der Waals surface area contributed by atoms with Crippen molar-refractivity contribution in [2.24, 2.45) is 0 Å². The van der Waals surface area contributed by atoms with Gasteiger partial charge in [-0.3, -0.25) is 9.69 Å². The second kappa shape index (κ2) is 11.5. The number of aryl methyl sites for hydroxylation is 1. The maximum atomic E-state index is 13.1. The van der Waals surface area contributed by atoms with E-state index in [1.807, 2.05) is 68.5 Å². The van der Waals surface area contributed by atoms with Crippen molar-refractivity contribution in [1.82, 2.24) is 4.90 Å². The zero-order chi connectivity index (χ0) is 24.9. The van der Waals surface area contributed by atoms with Crippen molar-refractivity contribution < 1.29 is 14.3 Å². The molecule has 1 aliphatic rings. The average Bonchev–Trinajstić information content (AvgIpc) is 3.08. The highest BCUT2D eigenvalue weighted by molar-refractivity contribution is 8.26. The number of rotatable bonds is 8. The smallest absolute Gasteiger partial charge is 0.266 e. The number of ether oxygens (including phenoxy) is 2. The summed E-state index contributed by atoms with van der Waals surface area (Å²) < 4.78 is 12.3. The molecule has 35 heavy (non-hydrogen) atoms. The number of halogens is 2. The number of benzene rings is 3. The fraction of sp³-hybridized carbons (Fsp3) is 0.185. The normalized spacial score (nSPS) is 14.6. The Kier molecular flexibility index (Phi) is 8.39. The first kappa shape index (κ1) is 25.6. The summed E-state index contributed by atoms with van der Waals surface area (Å²) in [4.78, 5) is 15.3. The van der Waals surface area contributed by atoms with E-state index in [0.717, 1.165) is 16.7 Å². The summed E-state index contributed by atoms with van der Waals surface area (Å²) in [7, 11) is 0. The van der Waals surface area contributed by atoms with Gasteiger partial charge in [-0.2, -0.15) is 0 Å². The molecule has 4 rings (SSSR count). The molecule has 1 fully saturated rings. The van der Waals surface area contributed by atoms with Gasteiger partial charge in [-0.1, -0.05) is 89.1 Å². The SMILES string of the molecule is CCOc1cc(/C=C2\SC(=S)N(Cc3ccc(C)cc3)C2=O)ccc1OCc1ccc(Cl)cc1Cl. The molecule has 0 unspecified atom stereocenters. The van der Waals surface area contributed by atoms with E-state index < -0.39 is 0 Å². The molecule has 4 nitrogen and oxygen atoms in total. The lowest BCUT2D eigenvalue weighted by atomic mass is 10.1. The van der Waals surface area contributed by atoms with Gasteiger partial charge in [0.1, 0.15) is 10.9 Å². The number of nitrogens with zero attached hydrogens (tertiary/aromatic N) is 1. The molecule has 1 amide bonds. The van der Waals surface area contributed by atoms with Gasteiger partial charge in [-0.05, 0) is 55.3 Å². The zero-order valence-corrected chi connectivity index (χ0v) is 22.4. The van der Waals surface area contributed by atoms with E-state index in [4.69, 9.17) is 44.9 Å². The summed E-state index contributed by atoms with van der Waals surface area (Å²) in [6.45, 7) is 5.13. The van der Waals surface area contributed by atoms with Gasteiger partial charge in [-0.25, -0.2) is 0 Å². The van der Waals surface area contributed by atoms with Gasteiger partial charge < -0.3 is 9.47 Å². The topological polar surface area (TPSA) is 38.8 Å². The highest BCUT2D eigenvalue weighted by Crippen LogP contribution is 2.36. The second-order valence-electron chi connectivity index (χ2n) is 7.92. The molecular formula is C27H23Cl2NO3S2. The summed E-state index contributed by atoms with van der Waals surface area (Å²) in [6, 6.07) is 18.9. The lowest BCUT2D eigenvalue weighted by molar-refractivity contribution is -0.122. The Morgan fingerprint density at radius 3 is 2.49 bits per heavy atom. The van der Waals surface area contributed by atoms with E-state index in [1.54, 1.807) is 17.0 Å². The minimum Gasteiger partial charge on any atom is -0.490 e.